The second kappa shape index (κ2) is 6.17. The van der Waals surface area contributed by atoms with Crippen LogP contribution in [0.4, 0.5) is 0 Å². The van der Waals surface area contributed by atoms with Crippen LogP contribution in [0, 0.1) is 6.92 Å². The molecule has 0 aliphatic heterocycles. The first-order valence-electron chi connectivity index (χ1n) is 6.57. The highest BCUT2D eigenvalue weighted by Crippen LogP contribution is 2.19. The fraction of sp³-hybridized carbons (Fsp3) is 0.333. The van der Waals surface area contributed by atoms with E-state index in [0.29, 0.717) is 22.2 Å². The van der Waals surface area contributed by atoms with Crippen molar-refractivity contribution in [2.24, 2.45) is 0 Å². The number of carbonyl (C=O) groups excluding carboxylic acids is 1. The Bertz CT molecular complexity index is 645. The van der Waals surface area contributed by atoms with Crippen LogP contribution in [0.2, 0.25) is 0 Å². The van der Waals surface area contributed by atoms with E-state index in [1.54, 1.807) is 31.2 Å². The summed E-state index contributed by atoms with van der Waals surface area (Å²) in [4.78, 5) is 16.8. The van der Waals surface area contributed by atoms with Crippen LogP contribution >= 0.6 is 0 Å². The van der Waals surface area contributed by atoms with E-state index in [1.807, 2.05) is 6.07 Å². The lowest BCUT2D eigenvalue weighted by Crippen LogP contribution is -2.57. The zero-order valence-corrected chi connectivity index (χ0v) is 11.7. The molecule has 2 aromatic rings. The topological polar surface area (TPSA) is 103 Å². The van der Waals surface area contributed by atoms with Gasteiger partial charge in [0.2, 0.25) is 0 Å². The molecule has 1 aromatic heterocycles. The third-order valence-electron chi connectivity index (χ3n) is 3.38. The highest BCUT2D eigenvalue weighted by molar-refractivity contribution is 6.06. The van der Waals surface area contributed by atoms with Crippen LogP contribution in [-0.4, -0.2) is 51.6 Å². The summed E-state index contributed by atoms with van der Waals surface area (Å²) in [6.07, 6.45) is 0. The molecule has 0 saturated carbocycles. The average Bonchev–Trinajstić information content (AvgIpc) is 2.51. The number of hydrogen-bond donors (Lipinski definition) is 4. The van der Waals surface area contributed by atoms with E-state index >= 15 is 0 Å². The van der Waals surface area contributed by atoms with E-state index in [9.17, 15) is 20.1 Å². The SMILES string of the molecule is Cc1cc(C(=O)NC(CO)(CO)CO)c2ccccc2n1. The molecule has 0 fully saturated rings. The maximum atomic E-state index is 12.4. The number of benzene rings is 1. The molecule has 0 aliphatic rings. The van der Waals surface area contributed by atoms with E-state index in [-0.39, 0.29) is 0 Å². The minimum atomic E-state index is -1.45. The molecule has 0 atom stereocenters. The Morgan fingerprint density at radius 2 is 1.81 bits per heavy atom. The molecule has 21 heavy (non-hydrogen) atoms. The zero-order chi connectivity index (χ0) is 15.5. The number of fused-ring (bicyclic) bond motifs is 1. The van der Waals surface area contributed by atoms with Crippen molar-refractivity contribution in [3.05, 3.63) is 41.6 Å². The average molecular weight is 290 g/mol. The number of aliphatic hydroxyl groups excluding tert-OH is 3. The van der Waals surface area contributed by atoms with Crippen LogP contribution in [-0.2, 0) is 0 Å². The van der Waals surface area contributed by atoms with Gasteiger partial charge in [0.05, 0.1) is 30.9 Å². The van der Waals surface area contributed by atoms with Crippen LogP contribution in [0.25, 0.3) is 10.9 Å². The van der Waals surface area contributed by atoms with Crippen molar-refractivity contribution in [1.82, 2.24) is 10.3 Å². The summed E-state index contributed by atoms with van der Waals surface area (Å²) in [5, 5.41) is 31.0. The maximum absolute atomic E-state index is 12.4. The van der Waals surface area contributed by atoms with Crippen molar-refractivity contribution in [1.29, 1.82) is 0 Å². The Hall–Kier alpha value is -2.02. The number of aliphatic hydroxyl groups is 3. The van der Waals surface area contributed by atoms with Gasteiger partial charge < -0.3 is 20.6 Å². The lowest BCUT2D eigenvalue weighted by atomic mass is 10.0. The Morgan fingerprint density at radius 3 is 2.43 bits per heavy atom. The molecule has 0 spiro atoms. The molecular formula is C15H18N2O4. The van der Waals surface area contributed by atoms with Gasteiger partial charge in [-0.05, 0) is 19.1 Å². The molecule has 4 N–H and O–H groups in total. The molecule has 2 rings (SSSR count). The second-order valence-corrected chi connectivity index (χ2v) is 5.04. The molecule has 0 saturated heterocycles. The molecular weight excluding hydrogens is 272 g/mol. The van der Waals surface area contributed by atoms with Gasteiger partial charge in [-0.1, -0.05) is 18.2 Å². The van der Waals surface area contributed by atoms with Gasteiger partial charge in [-0.25, -0.2) is 0 Å². The molecule has 6 heteroatoms. The minimum absolute atomic E-state index is 0.387. The van der Waals surface area contributed by atoms with Crippen LogP contribution in [0.3, 0.4) is 0 Å². The highest BCUT2D eigenvalue weighted by atomic mass is 16.3. The number of nitrogens with one attached hydrogen (secondary N) is 1. The van der Waals surface area contributed by atoms with E-state index in [4.69, 9.17) is 0 Å². The van der Waals surface area contributed by atoms with Crippen molar-refractivity contribution in [3.8, 4) is 0 Å². The van der Waals surface area contributed by atoms with Crippen LogP contribution < -0.4 is 5.32 Å². The second-order valence-electron chi connectivity index (χ2n) is 5.04. The summed E-state index contributed by atoms with van der Waals surface area (Å²) in [5.74, 6) is -0.478. The number of hydrogen-bond acceptors (Lipinski definition) is 5. The minimum Gasteiger partial charge on any atom is -0.394 e. The summed E-state index contributed by atoms with van der Waals surface area (Å²) in [6, 6.07) is 8.84. The number of para-hydroxylation sites is 1. The first kappa shape index (κ1) is 15.4. The fourth-order valence-electron chi connectivity index (χ4n) is 2.07. The third-order valence-corrected chi connectivity index (χ3v) is 3.38. The van der Waals surface area contributed by atoms with Crippen molar-refractivity contribution in [2.75, 3.05) is 19.8 Å². The zero-order valence-electron chi connectivity index (χ0n) is 11.7. The smallest absolute Gasteiger partial charge is 0.252 e. The van der Waals surface area contributed by atoms with Crippen LogP contribution in [0.15, 0.2) is 30.3 Å². The van der Waals surface area contributed by atoms with E-state index < -0.39 is 31.3 Å². The molecule has 0 radical (unpaired) electrons. The molecule has 112 valence electrons. The predicted molar refractivity (Wildman–Crippen MR) is 77.9 cm³/mol. The van der Waals surface area contributed by atoms with Crippen molar-refractivity contribution in [2.45, 2.75) is 12.5 Å². The largest absolute Gasteiger partial charge is 0.394 e. The standard InChI is InChI=1S/C15H18N2O4/c1-10-6-12(11-4-2-3-5-13(11)16-10)14(21)17-15(7-18,8-19)9-20/h2-6,18-20H,7-9H2,1H3,(H,17,21). The molecule has 0 aliphatic carbocycles. The Kier molecular flexibility index (Phi) is 4.52. The molecule has 1 amide bonds. The number of pyridine rings is 1. The summed E-state index contributed by atoms with van der Waals surface area (Å²) in [7, 11) is 0. The normalized spacial score (nSPS) is 11.6. The number of amides is 1. The Balaban J connectivity index is 2.44. The fourth-order valence-corrected chi connectivity index (χ4v) is 2.07. The molecule has 1 aromatic carbocycles. The third kappa shape index (κ3) is 3.02. The van der Waals surface area contributed by atoms with Gasteiger partial charge in [0, 0.05) is 11.1 Å². The molecule has 1 heterocycles. The quantitative estimate of drug-likeness (QED) is 0.620. The number of carbonyl (C=O) groups is 1. The van der Waals surface area contributed by atoms with Gasteiger partial charge in [0.1, 0.15) is 5.54 Å². The van der Waals surface area contributed by atoms with E-state index in [1.165, 1.54) is 0 Å². The molecule has 0 unspecified atom stereocenters. The number of aryl methyl sites for hydroxylation is 1. The van der Waals surface area contributed by atoms with E-state index in [2.05, 4.69) is 10.3 Å². The lowest BCUT2D eigenvalue weighted by Gasteiger charge is -2.28. The summed E-state index contributed by atoms with van der Waals surface area (Å²) in [5.41, 5.74) is 0.305. The van der Waals surface area contributed by atoms with Gasteiger partial charge in [-0.15, -0.1) is 0 Å². The van der Waals surface area contributed by atoms with E-state index in [0.717, 1.165) is 0 Å². The number of nitrogens with zero attached hydrogens (tertiary/aromatic N) is 1. The van der Waals surface area contributed by atoms with Crippen LogP contribution in [0.1, 0.15) is 16.1 Å². The van der Waals surface area contributed by atoms with Gasteiger partial charge in [-0.3, -0.25) is 9.78 Å². The lowest BCUT2D eigenvalue weighted by molar-refractivity contribution is 0.0376. The maximum Gasteiger partial charge on any atom is 0.252 e. The van der Waals surface area contributed by atoms with Gasteiger partial charge in [-0.2, -0.15) is 0 Å². The molecule has 6 nitrogen and oxygen atoms in total. The Morgan fingerprint density at radius 1 is 1.19 bits per heavy atom. The predicted octanol–water partition coefficient (Wildman–Crippen LogP) is -0.0113. The summed E-state index contributed by atoms with van der Waals surface area (Å²) in [6.45, 7) is 0.0931. The first-order valence-corrected chi connectivity index (χ1v) is 6.57. The van der Waals surface area contributed by atoms with Crippen molar-refractivity contribution < 1.29 is 20.1 Å². The number of rotatable bonds is 5. The van der Waals surface area contributed by atoms with Gasteiger partial charge >= 0.3 is 0 Å². The first-order chi connectivity index (χ1) is 10.0. The van der Waals surface area contributed by atoms with Crippen LogP contribution in [0.5, 0.6) is 0 Å². The monoisotopic (exact) mass is 290 g/mol. The summed E-state index contributed by atoms with van der Waals surface area (Å²) >= 11 is 0. The van der Waals surface area contributed by atoms with Crippen molar-refractivity contribution >= 4 is 16.8 Å². The van der Waals surface area contributed by atoms with Gasteiger partial charge in [0.15, 0.2) is 0 Å². The summed E-state index contributed by atoms with van der Waals surface area (Å²) < 4.78 is 0. The Labute approximate surface area is 122 Å². The van der Waals surface area contributed by atoms with Crippen molar-refractivity contribution in [3.63, 3.8) is 0 Å². The highest BCUT2D eigenvalue weighted by Gasteiger charge is 2.30. The van der Waals surface area contributed by atoms with Gasteiger partial charge in [0.25, 0.3) is 5.91 Å². The molecule has 0 bridgehead atoms. The number of aromatic nitrogens is 1.